The van der Waals surface area contributed by atoms with Crippen LogP contribution in [0.4, 0.5) is 5.69 Å². The fourth-order valence-electron chi connectivity index (χ4n) is 3.45. The van der Waals surface area contributed by atoms with Crippen LogP contribution >= 0.6 is 11.8 Å². The van der Waals surface area contributed by atoms with Crippen LogP contribution in [0.1, 0.15) is 45.8 Å². The zero-order valence-electron chi connectivity index (χ0n) is 18.4. The third-order valence-corrected chi connectivity index (χ3v) is 5.93. The summed E-state index contributed by atoms with van der Waals surface area (Å²) in [6.45, 7) is 7.87. The molecule has 0 unspecified atom stereocenters. The number of aryl methyl sites for hydroxylation is 3. The Labute approximate surface area is 186 Å². The number of carbonyl (C=O) groups excluding carboxylic acids is 2. The highest BCUT2D eigenvalue weighted by atomic mass is 32.2. The van der Waals surface area contributed by atoms with E-state index in [1.165, 1.54) is 17.3 Å². The Morgan fingerprint density at radius 1 is 1.06 bits per heavy atom. The first-order valence-corrected chi connectivity index (χ1v) is 11.0. The molecular weight excluding hydrogens is 410 g/mol. The second-order valence-corrected chi connectivity index (χ2v) is 8.51. The molecule has 0 aliphatic heterocycles. The Morgan fingerprint density at radius 3 is 2.35 bits per heavy atom. The third-order valence-electron chi connectivity index (χ3n) is 4.91. The van der Waals surface area contributed by atoms with Crippen molar-refractivity contribution in [3.63, 3.8) is 0 Å². The van der Waals surface area contributed by atoms with Crippen molar-refractivity contribution in [2.24, 2.45) is 7.05 Å². The van der Waals surface area contributed by atoms with Gasteiger partial charge >= 0.3 is 0 Å². The smallest absolute Gasteiger partial charge is 0.251 e. The molecule has 31 heavy (non-hydrogen) atoms. The summed E-state index contributed by atoms with van der Waals surface area (Å²) in [5.41, 5.74) is 4.69. The Balaban J connectivity index is 1.60. The predicted molar refractivity (Wildman–Crippen MR) is 123 cm³/mol. The average Bonchev–Trinajstić information content (AvgIpc) is 3.10. The van der Waals surface area contributed by atoms with Crippen molar-refractivity contribution in [3.8, 4) is 0 Å². The topological polar surface area (TPSA) is 88.9 Å². The molecule has 1 atom stereocenters. The number of hydrogen-bond donors (Lipinski definition) is 2. The van der Waals surface area contributed by atoms with Crippen LogP contribution in [-0.4, -0.2) is 32.3 Å². The first-order valence-electron chi connectivity index (χ1n) is 10.0. The highest BCUT2D eigenvalue weighted by Gasteiger charge is 2.19. The molecule has 0 aliphatic rings. The lowest BCUT2D eigenvalue weighted by Crippen LogP contribution is -2.28. The monoisotopic (exact) mass is 437 g/mol. The molecule has 0 radical (unpaired) electrons. The van der Waals surface area contributed by atoms with Gasteiger partial charge in [-0.25, -0.2) is 0 Å². The summed E-state index contributed by atoms with van der Waals surface area (Å²) >= 11 is 1.31. The van der Waals surface area contributed by atoms with Gasteiger partial charge in [0.2, 0.25) is 5.91 Å². The summed E-state index contributed by atoms with van der Waals surface area (Å²) in [7, 11) is 1.83. The molecule has 2 N–H and O–H groups in total. The number of thioether (sulfide) groups is 1. The van der Waals surface area contributed by atoms with E-state index in [0.29, 0.717) is 16.5 Å². The van der Waals surface area contributed by atoms with E-state index in [4.69, 9.17) is 0 Å². The number of hydrogen-bond acceptors (Lipinski definition) is 5. The number of benzene rings is 2. The summed E-state index contributed by atoms with van der Waals surface area (Å²) in [6, 6.07) is 12.8. The summed E-state index contributed by atoms with van der Waals surface area (Å²) in [6.07, 6.45) is 0. The van der Waals surface area contributed by atoms with Crippen molar-refractivity contribution >= 4 is 29.3 Å². The van der Waals surface area contributed by atoms with Crippen molar-refractivity contribution < 1.29 is 9.59 Å². The van der Waals surface area contributed by atoms with Gasteiger partial charge in [0, 0.05) is 18.3 Å². The fraction of sp³-hybridized carbons (Fsp3) is 0.304. The molecule has 0 spiro atoms. The van der Waals surface area contributed by atoms with Crippen LogP contribution in [0.5, 0.6) is 0 Å². The molecule has 0 bridgehead atoms. The van der Waals surface area contributed by atoms with Gasteiger partial charge < -0.3 is 15.2 Å². The van der Waals surface area contributed by atoms with Gasteiger partial charge in [0.1, 0.15) is 0 Å². The van der Waals surface area contributed by atoms with Gasteiger partial charge in [0.05, 0.1) is 11.8 Å². The number of amides is 2. The summed E-state index contributed by atoms with van der Waals surface area (Å²) in [4.78, 5) is 24.9. The van der Waals surface area contributed by atoms with Gasteiger partial charge in [-0.15, -0.1) is 10.2 Å². The summed E-state index contributed by atoms with van der Waals surface area (Å²) in [5, 5.41) is 14.9. The van der Waals surface area contributed by atoms with Gasteiger partial charge in [-0.2, -0.15) is 0 Å². The highest BCUT2D eigenvalue weighted by Crippen LogP contribution is 2.23. The standard InChI is InChI=1S/C23H27N5O2S/c1-14-11-15(2)20(16(3)12-14)25-19(29)13-31-23-27-26-21(28(23)5)17(4)24-22(30)18-9-7-6-8-10-18/h6-12,17H,13H2,1-5H3,(H,24,30)(H,25,29)/t17-/m0/s1. The second kappa shape index (κ2) is 9.78. The number of carbonyl (C=O) groups is 2. The van der Waals surface area contributed by atoms with Gasteiger partial charge in [-0.3, -0.25) is 9.59 Å². The number of anilines is 1. The Morgan fingerprint density at radius 2 is 1.71 bits per heavy atom. The Hall–Kier alpha value is -3.13. The summed E-state index contributed by atoms with van der Waals surface area (Å²) in [5.74, 6) is 0.560. The number of rotatable bonds is 7. The first kappa shape index (κ1) is 22.6. The zero-order valence-corrected chi connectivity index (χ0v) is 19.2. The van der Waals surface area contributed by atoms with E-state index in [1.54, 1.807) is 16.7 Å². The van der Waals surface area contributed by atoms with Crippen LogP contribution in [0.3, 0.4) is 0 Å². The SMILES string of the molecule is Cc1cc(C)c(NC(=O)CSc2nnc([C@H](C)NC(=O)c3ccccc3)n2C)c(C)c1. The number of nitrogens with zero attached hydrogens (tertiary/aromatic N) is 3. The van der Waals surface area contributed by atoms with Crippen molar-refractivity contribution in [2.45, 2.75) is 38.9 Å². The molecule has 1 aromatic heterocycles. The van der Waals surface area contributed by atoms with Crippen molar-refractivity contribution in [1.82, 2.24) is 20.1 Å². The highest BCUT2D eigenvalue weighted by molar-refractivity contribution is 7.99. The zero-order chi connectivity index (χ0) is 22.5. The van der Waals surface area contributed by atoms with Crippen molar-refractivity contribution in [1.29, 1.82) is 0 Å². The lowest BCUT2D eigenvalue weighted by Gasteiger charge is -2.14. The quantitative estimate of drug-likeness (QED) is 0.546. The molecule has 3 rings (SSSR count). The van der Waals surface area contributed by atoms with Crippen LogP contribution in [0, 0.1) is 20.8 Å². The molecule has 7 nitrogen and oxygen atoms in total. The van der Waals surface area contributed by atoms with Crippen LogP contribution < -0.4 is 10.6 Å². The third kappa shape index (κ3) is 5.52. The van der Waals surface area contributed by atoms with Crippen molar-refractivity contribution in [2.75, 3.05) is 11.1 Å². The molecule has 0 aliphatic carbocycles. The average molecular weight is 438 g/mol. The minimum Gasteiger partial charge on any atom is -0.342 e. The van der Waals surface area contributed by atoms with Gasteiger partial charge in [0.25, 0.3) is 5.91 Å². The van der Waals surface area contributed by atoms with E-state index < -0.39 is 0 Å². The molecule has 2 aromatic carbocycles. The molecule has 0 fully saturated rings. The lowest BCUT2D eigenvalue weighted by molar-refractivity contribution is -0.113. The van der Waals surface area contributed by atoms with E-state index in [-0.39, 0.29) is 23.6 Å². The fourth-order valence-corrected chi connectivity index (χ4v) is 4.16. The number of nitrogens with one attached hydrogen (secondary N) is 2. The Bertz CT molecular complexity index is 1070. The lowest BCUT2D eigenvalue weighted by atomic mass is 10.1. The second-order valence-electron chi connectivity index (χ2n) is 7.57. The number of aromatic nitrogens is 3. The van der Waals surface area contributed by atoms with E-state index in [1.807, 2.05) is 52.9 Å². The molecule has 1 heterocycles. The first-order chi connectivity index (χ1) is 14.8. The van der Waals surface area contributed by atoms with Crippen LogP contribution in [0.15, 0.2) is 47.6 Å². The molecule has 0 saturated heterocycles. The molecule has 3 aromatic rings. The maximum Gasteiger partial charge on any atom is 0.251 e. The van der Waals surface area contributed by atoms with Gasteiger partial charge in [0.15, 0.2) is 11.0 Å². The van der Waals surface area contributed by atoms with E-state index in [2.05, 4.69) is 33.0 Å². The van der Waals surface area contributed by atoms with Gasteiger partial charge in [-0.05, 0) is 51.0 Å². The van der Waals surface area contributed by atoms with E-state index in [0.717, 1.165) is 16.8 Å². The maximum absolute atomic E-state index is 12.5. The molecule has 8 heteroatoms. The Kier molecular flexibility index (Phi) is 7.12. The predicted octanol–water partition coefficient (Wildman–Crippen LogP) is 3.96. The normalized spacial score (nSPS) is 11.8. The maximum atomic E-state index is 12.5. The molecule has 162 valence electrons. The minimum absolute atomic E-state index is 0.102. The molecule has 2 amide bonds. The van der Waals surface area contributed by atoms with E-state index >= 15 is 0 Å². The summed E-state index contributed by atoms with van der Waals surface area (Å²) < 4.78 is 1.80. The van der Waals surface area contributed by atoms with E-state index in [9.17, 15) is 9.59 Å². The van der Waals surface area contributed by atoms with Crippen LogP contribution in [0.2, 0.25) is 0 Å². The molecular formula is C23H27N5O2S. The largest absolute Gasteiger partial charge is 0.342 e. The van der Waals surface area contributed by atoms with Crippen LogP contribution in [-0.2, 0) is 11.8 Å². The van der Waals surface area contributed by atoms with Gasteiger partial charge in [-0.1, -0.05) is 47.7 Å². The van der Waals surface area contributed by atoms with Crippen LogP contribution in [0.25, 0.3) is 0 Å². The molecule has 0 saturated carbocycles. The van der Waals surface area contributed by atoms with Crippen molar-refractivity contribution in [3.05, 3.63) is 70.5 Å². The minimum atomic E-state index is -0.328.